The van der Waals surface area contributed by atoms with Gasteiger partial charge in [-0.1, -0.05) is 65.8 Å². The number of fused-ring (bicyclic) bond motifs is 1. The van der Waals surface area contributed by atoms with E-state index in [1.165, 1.54) is 33.3 Å². The van der Waals surface area contributed by atoms with Gasteiger partial charge in [0.25, 0.3) is 0 Å². The minimum Gasteiger partial charge on any atom is -0.338 e. The normalized spacial score (nSPS) is 11.2. The molecule has 0 radical (unpaired) electrons. The highest BCUT2D eigenvalue weighted by Gasteiger charge is 2.16. The Labute approximate surface area is 169 Å². The maximum atomic E-state index is 6.00. The largest absolute Gasteiger partial charge is 0.338 e. The summed E-state index contributed by atoms with van der Waals surface area (Å²) in [6.45, 7) is 5.26. The van der Waals surface area contributed by atoms with Gasteiger partial charge in [-0.2, -0.15) is 0 Å². The van der Waals surface area contributed by atoms with Crippen LogP contribution >= 0.6 is 23.4 Å². The van der Waals surface area contributed by atoms with Crippen molar-refractivity contribution in [1.29, 1.82) is 0 Å². The minimum absolute atomic E-state index is 0.770. The summed E-state index contributed by atoms with van der Waals surface area (Å²) in [4.78, 5) is 4.71. The van der Waals surface area contributed by atoms with Gasteiger partial charge in [0.1, 0.15) is 5.03 Å². The van der Waals surface area contributed by atoms with Gasteiger partial charge in [0.15, 0.2) is 0 Å². The zero-order chi connectivity index (χ0) is 18.8. The van der Waals surface area contributed by atoms with Crippen LogP contribution in [0.15, 0.2) is 71.9 Å². The van der Waals surface area contributed by atoms with Gasteiger partial charge < -0.3 is 4.57 Å². The van der Waals surface area contributed by atoms with Crippen molar-refractivity contribution >= 4 is 34.3 Å². The Kier molecular flexibility index (Phi) is 5.24. The lowest BCUT2D eigenvalue weighted by Crippen LogP contribution is -2.03. The predicted molar refractivity (Wildman–Crippen MR) is 116 cm³/mol. The van der Waals surface area contributed by atoms with E-state index in [0.29, 0.717) is 0 Å². The van der Waals surface area contributed by atoms with Crippen molar-refractivity contribution in [2.24, 2.45) is 0 Å². The molecule has 27 heavy (non-hydrogen) atoms. The molecule has 4 aromatic rings. The Hall–Kier alpha value is -2.23. The van der Waals surface area contributed by atoms with E-state index in [-0.39, 0.29) is 0 Å². The van der Waals surface area contributed by atoms with E-state index in [0.717, 1.165) is 22.3 Å². The van der Waals surface area contributed by atoms with Crippen LogP contribution in [0, 0.1) is 13.8 Å². The molecule has 0 amide bonds. The van der Waals surface area contributed by atoms with Gasteiger partial charge in [-0.15, -0.1) is 0 Å². The van der Waals surface area contributed by atoms with E-state index in [9.17, 15) is 0 Å². The van der Waals surface area contributed by atoms with E-state index in [2.05, 4.69) is 66.9 Å². The van der Waals surface area contributed by atoms with Crippen molar-refractivity contribution < 1.29 is 0 Å². The first kappa shape index (κ1) is 18.1. The summed E-state index contributed by atoms with van der Waals surface area (Å²) < 4.78 is 2.40. The molecule has 2 aromatic heterocycles. The molecule has 2 nitrogen and oxygen atoms in total. The number of hydrogen-bond acceptors (Lipinski definition) is 2. The van der Waals surface area contributed by atoms with Crippen molar-refractivity contribution in [2.75, 3.05) is 0 Å². The van der Waals surface area contributed by atoms with E-state index >= 15 is 0 Å². The Balaban J connectivity index is 1.72. The lowest BCUT2D eigenvalue weighted by atomic mass is 10.2. The van der Waals surface area contributed by atoms with Crippen LogP contribution in [-0.2, 0) is 12.3 Å². The number of thioether (sulfide) groups is 1. The highest BCUT2D eigenvalue weighted by atomic mass is 35.5. The third kappa shape index (κ3) is 3.76. The Morgan fingerprint density at radius 1 is 0.926 bits per heavy atom. The molecule has 4 heteroatoms. The minimum atomic E-state index is 0.770. The molecular weight excluding hydrogens is 372 g/mol. The number of halogens is 1. The smallest absolute Gasteiger partial charge is 0.121 e. The Bertz CT molecular complexity index is 1070. The van der Waals surface area contributed by atoms with Crippen molar-refractivity contribution in [3.8, 4) is 0 Å². The van der Waals surface area contributed by atoms with E-state index < -0.39 is 0 Å². The van der Waals surface area contributed by atoms with Gasteiger partial charge >= 0.3 is 0 Å². The molecule has 136 valence electrons. The molecule has 2 aromatic carbocycles. The molecule has 0 bridgehead atoms. The SMILES string of the molecule is Cc1c(C)n(Cc2ccccc2)c2c(SCc3ccc(Cl)cc3)nccc12. The topological polar surface area (TPSA) is 17.8 Å². The van der Waals surface area contributed by atoms with Crippen molar-refractivity contribution in [3.63, 3.8) is 0 Å². The monoisotopic (exact) mass is 392 g/mol. The summed E-state index contributed by atoms with van der Waals surface area (Å²) in [5.41, 5.74) is 6.41. The summed E-state index contributed by atoms with van der Waals surface area (Å²) in [6, 6.07) is 20.8. The highest BCUT2D eigenvalue weighted by molar-refractivity contribution is 7.98. The van der Waals surface area contributed by atoms with Gasteiger partial charge in [-0.05, 0) is 48.7 Å². The molecular formula is C23H21ClN2S. The molecule has 2 heterocycles. The van der Waals surface area contributed by atoms with Gasteiger partial charge in [-0.3, -0.25) is 0 Å². The predicted octanol–water partition coefficient (Wildman–Crippen LogP) is 6.65. The molecule has 0 saturated heterocycles. The van der Waals surface area contributed by atoms with Crippen molar-refractivity contribution in [2.45, 2.75) is 31.2 Å². The van der Waals surface area contributed by atoms with E-state index in [4.69, 9.17) is 16.6 Å². The molecule has 0 aliphatic heterocycles. The van der Waals surface area contributed by atoms with Gasteiger partial charge in [0.05, 0.1) is 5.52 Å². The number of aromatic nitrogens is 2. The maximum absolute atomic E-state index is 6.00. The van der Waals surface area contributed by atoms with Gasteiger partial charge in [-0.25, -0.2) is 4.98 Å². The van der Waals surface area contributed by atoms with Gasteiger partial charge in [0, 0.05) is 34.6 Å². The number of aryl methyl sites for hydroxylation is 1. The fourth-order valence-electron chi connectivity index (χ4n) is 3.36. The fourth-order valence-corrected chi connectivity index (χ4v) is 4.48. The Morgan fingerprint density at radius 3 is 2.41 bits per heavy atom. The number of pyridine rings is 1. The standard InChI is InChI=1S/C23H21ClN2S/c1-16-17(2)26(14-18-6-4-3-5-7-18)22-21(16)12-13-25-23(22)27-15-19-8-10-20(24)11-9-19/h3-13H,14-15H2,1-2H3. The summed E-state index contributed by atoms with van der Waals surface area (Å²) in [7, 11) is 0. The lowest BCUT2D eigenvalue weighted by molar-refractivity contribution is 0.791. The second-order valence-corrected chi connectivity index (χ2v) is 8.11. The second-order valence-electron chi connectivity index (χ2n) is 6.71. The van der Waals surface area contributed by atoms with E-state index in [1.54, 1.807) is 11.8 Å². The van der Waals surface area contributed by atoms with Crippen LogP contribution in [0.25, 0.3) is 10.9 Å². The second kappa shape index (κ2) is 7.79. The Morgan fingerprint density at radius 2 is 1.67 bits per heavy atom. The fraction of sp³-hybridized carbons (Fsp3) is 0.174. The number of hydrogen-bond donors (Lipinski definition) is 0. The van der Waals surface area contributed by atoms with Crippen LogP contribution in [0.3, 0.4) is 0 Å². The molecule has 0 atom stereocenters. The van der Waals surface area contributed by atoms with Crippen molar-refractivity contribution in [1.82, 2.24) is 9.55 Å². The van der Waals surface area contributed by atoms with Crippen molar-refractivity contribution in [3.05, 3.63) is 94.3 Å². The van der Waals surface area contributed by atoms with Crippen LogP contribution in [0.2, 0.25) is 5.02 Å². The number of rotatable bonds is 5. The third-order valence-electron chi connectivity index (χ3n) is 4.98. The molecule has 0 unspecified atom stereocenters. The van der Waals surface area contributed by atoms with Crippen LogP contribution in [0.5, 0.6) is 0 Å². The van der Waals surface area contributed by atoms with Crippen LogP contribution in [0.4, 0.5) is 0 Å². The average molecular weight is 393 g/mol. The number of benzene rings is 2. The molecule has 0 N–H and O–H groups in total. The summed E-state index contributed by atoms with van der Waals surface area (Å²) in [5, 5.41) is 3.14. The molecule has 4 rings (SSSR count). The molecule has 0 spiro atoms. The van der Waals surface area contributed by atoms with Crippen LogP contribution in [0.1, 0.15) is 22.4 Å². The quantitative estimate of drug-likeness (QED) is 0.354. The third-order valence-corrected chi connectivity index (χ3v) is 6.29. The number of nitrogens with zero attached hydrogens (tertiary/aromatic N) is 2. The first-order valence-electron chi connectivity index (χ1n) is 8.99. The lowest BCUT2D eigenvalue weighted by Gasteiger charge is -2.11. The highest BCUT2D eigenvalue weighted by Crippen LogP contribution is 2.34. The zero-order valence-corrected chi connectivity index (χ0v) is 17.0. The molecule has 0 aliphatic carbocycles. The first-order chi connectivity index (χ1) is 13.1. The maximum Gasteiger partial charge on any atom is 0.121 e. The van der Waals surface area contributed by atoms with E-state index in [1.807, 2.05) is 18.3 Å². The average Bonchev–Trinajstić information content (AvgIpc) is 2.94. The zero-order valence-electron chi connectivity index (χ0n) is 15.4. The van der Waals surface area contributed by atoms with Crippen LogP contribution < -0.4 is 0 Å². The molecule has 0 fully saturated rings. The van der Waals surface area contributed by atoms with Crippen LogP contribution in [-0.4, -0.2) is 9.55 Å². The molecule has 0 saturated carbocycles. The van der Waals surface area contributed by atoms with Gasteiger partial charge in [0.2, 0.25) is 0 Å². The summed E-state index contributed by atoms with van der Waals surface area (Å²) in [5.74, 6) is 0.873. The summed E-state index contributed by atoms with van der Waals surface area (Å²) >= 11 is 7.78. The molecule has 0 aliphatic rings. The first-order valence-corrected chi connectivity index (χ1v) is 10.4. The summed E-state index contributed by atoms with van der Waals surface area (Å²) in [6.07, 6.45) is 1.92.